The van der Waals surface area contributed by atoms with Crippen LogP contribution in [0.5, 0.6) is 17.2 Å². The van der Waals surface area contributed by atoms with Gasteiger partial charge < -0.3 is 19.5 Å². The lowest BCUT2D eigenvalue weighted by molar-refractivity contribution is -0.117. The first-order valence-electron chi connectivity index (χ1n) is 8.80. The zero-order valence-electron chi connectivity index (χ0n) is 15.8. The first kappa shape index (κ1) is 17.4. The van der Waals surface area contributed by atoms with Crippen LogP contribution < -0.4 is 19.5 Å². The number of ketones is 1. The molecule has 1 aliphatic heterocycles. The Labute approximate surface area is 157 Å². The van der Waals surface area contributed by atoms with Gasteiger partial charge in [-0.15, -0.1) is 0 Å². The molecule has 0 bridgehead atoms. The maximum Gasteiger partial charge on any atom is 0.226 e. The zero-order chi connectivity index (χ0) is 19.1. The maximum atomic E-state index is 12.9. The van der Waals surface area contributed by atoms with Crippen molar-refractivity contribution < 1.29 is 19.0 Å². The molecule has 0 spiro atoms. The first-order chi connectivity index (χ1) is 13.1. The standard InChI is InChI=1S/C19H22N4O4/c1-10-5-12-16(13(24)6-10)17(23-19(22-12)20-9-21-23)11-7-14(25-2)18(27-4)15(8-11)26-3/h7-10,17H,5-6H2,1-4H3,(H,20,21,22)/t10-,17-/m1/s1. The van der Waals surface area contributed by atoms with Crippen LogP contribution >= 0.6 is 0 Å². The van der Waals surface area contributed by atoms with Gasteiger partial charge in [0.1, 0.15) is 12.4 Å². The Morgan fingerprint density at radius 3 is 2.44 bits per heavy atom. The van der Waals surface area contributed by atoms with Gasteiger partial charge in [-0.25, -0.2) is 4.68 Å². The highest BCUT2D eigenvalue weighted by atomic mass is 16.5. The van der Waals surface area contributed by atoms with Gasteiger partial charge in [0.25, 0.3) is 0 Å². The molecule has 0 fully saturated rings. The van der Waals surface area contributed by atoms with Gasteiger partial charge in [-0.05, 0) is 30.0 Å². The normalized spacial score (nSPS) is 21.3. The minimum atomic E-state index is -0.396. The molecule has 4 rings (SSSR count). The Bertz CT molecular complexity index is 909. The monoisotopic (exact) mass is 370 g/mol. The van der Waals surface area contributed by atoms with E-state index < -0.39 is 6.04 Å². The second-order valence-electron chi connectivity index (χ2n) is 6.84. The molecule has 1 aromatic carbocycles. The van der Waals surface area contributed by atoms with Crippen LogP contribution in [-0.2, 0) is 4.79 Å². The van der Waals surface area contributed by atoms with E-state index in [9.17, 15) is 4.79 Å². The summed E-state index contributed by atoms with van der Waals surface area (Å²) in [7, 11) is 4.71. The number of nitrogens with one attached hydrogen (secondary N) is 1. The molecule has 2 heterocycles. The molecule has 0 amide bonds. The van der Waals surface area contributed by atoms with Crippen molar-refractivity contribution in [2.24, 2.45) is 5.92 Å². The average Bonchev–Trinajstić information content (AvgIpc) is 3.12. The fourth-order valence-electron chi connectivity index (χ4n) is 3.91. The second kappa shape index (κ2) is 6.61. The number of ether oxygens (including phenoxy) is 3. The van der Waals surface area contributed by atoms with Crippen molar-refractivity contribution in [2.45, 2.75) is 25.8 Å². The lowest BCUT2D eigenvalue weighted by atomic mass is 9.81. The number of Topliss-reactive ketones (excluding diaryl/α,β-unsaturated/α-hetero) is 1. The molecule has 1 aromatic heterocycles. The number of anilines is 1. The molecule has 0 saturated heterocycles. The lowest BCUT2D eigenvalue weighted by Crippen LogP contribution is -2.33. The van der Waals surface area contributed by atoms with Crippen molar-refractivity contribution in [2.75, 3.05) is 26.6 Å². The molecule has 1 N–H and O–H groups in total. The summed E-state index contributed by atoms with van der Waals surface area (Å²) in [6.45, 7) is 2.08. The molecule has 8 nitrogen and oxygen atoms in total. The summed E-state index contributed by atoms with van der Waals surface area (Å²) < 4.78 is 18.1. The van der Waals surface area contributed by atoms with Gasteiger partial charge in [0, 0.05) is 17.7 Å². The molecule has 2 aliphatic rings. The number of fused-ring (bicyclic) bond motifs is 1. The minimum absolute atomic E-state index is 0.121. The smallest absolute Gasteiger partial charge is 0.226 e. The Kier molecular flexibility index (Phi) is 4.25. The van der Waals surface area contributed by atoms with Gasteiger partial charge in [-0.1, -0.05) is 6.92 Å². The summed E-state index contributed by atoms with van der Waals surface area (Å²) in [5.41, 5.74) is 2.46. The number of allylic oxidation sites excluding steroid dienone is 2. The number of nitrogens with zero attached hydrogens (tertiary/aromatic N) is 3. The number of methoxy groups -OCH3 is 3. The predicted molar refractivity (Wildman–Crippen MR) is 98.3 cm³/mol. The highest BCUT2D eigenvalue weighted by Crippen LogP contribution is 2.45. The van der Waals surface area contributed by atoms with E-state index in [1.165, 1.54) is 6.33 Å². The van der Waals surface area contributed by atoms with Crippen molar-refractivity contribution in [1.29, 1.82) is 0 Å². The molecule has 2 aromatic rings. The summed E-state index contributed by atoms with van der Waals surface area (Å²) in [4.78, 5) is 17.2. The number of rotatable bonds is 4. The van der Waals surface area contributed by atoms with Gasteiger partial charge in [0.15, 0.2) is 17.3 Å². The third-order valence-corrected chi connectivity index (χ3v) is 5.07. The van der Waals surface area contributed by atoms with Crippen LogP contribution in [-0.4, -0.2) is 41.9 Å². The van der Waals surface area contributed by atoms with E-state index in [-0.39, 0.29) is 5.78 Å². The lowest BCUT2D eigenvalue weighted by Gasteiger charge is -2.34. The minimum Gasteiger partial charge on any atom is -0.493 e. The van der Waals surface area contributed by atoms with Gasteiger partial charge >= 0.3 is 0 Å². The highest BCUT2D eigenvalue weighted by molar-refractivity contribution is 5.99. The summed E-state index contributed by atoms with van der Waals surface area (Å²) in [5.74, 6) is 2.61. The van der Waals surface area contributed by atoms with Crippen LogP contribution in [0.1, 0.15) is 31.4 Å². The van der Waals surface area contributed by atoms with Crippen LogP contribution in [0.3, 0.4) is 0 Å². The van der Waals surface area contributed by atoms with Crippen molar-refractivity contribution in [1.82, 2.24) is 14.8 Å². The molecule has 8 heteroatoms. The highest BCUT2D eigenvalue weighted by Gasteiger charge is 2.38. The Balaban J connectivity index is 1.93. The average molecular weight is 370 g/mol. The SMILES string of the molecule is COc1cc([C@@H]2C3=C(C[C@@H](C)CC3=O)Nc3ncnn32)cc(OC)c1OC. The maximum absolute atomic E-state index is 12.9. The Hall–Kier alpha value is -3.03. The zero-order valence-corrected chi connectivity index (χ0v) is 15.8. The Morgan fingerprint density at radius 2 is 1.81 bits per heavy atom. The number of benzene rings is 1. The Morgan fingerprint density at radius 1 is 1.11 bits per heavy atom. The van der Waals surface area contributed by atoms with E-state index in [0.29, 0.717) is 35.5 Å². The van der Waals surface area contributed by atoms with Crippen LogP contribution in [0.2, 0.25) is 0 Å². The van der Waals surface area contributed by atoms with E-state index in [0.717, 1.165) is 23.3 Å². The van der Waals surface area contributed by atoms with Crippen molar-refractivity contribution in [3.63, 3.8) is 0 Å². The largest absolute Gasteiger partial charge is 0.493 e. The van der Waals surface area contributed by atoms with Crippen LogP contribution in [0.4, 0.5) is 5.95 Å². The molecule has 27 heavy (non-hydrogen) atoms. The second-order valence-corrected chi connectivity index (χ2v) is 6.84. The summed E-state index contributed by atoms with van der Waals surface area (Å²) in [6.07, 6.45) is 2.81. The molecular weight excluding hydrogens is 348 g/mol. The number of carbonyl (C=O) groups excluding carboxylic acids is 1. The van der Waals surface area contributed by atoms with E-state index in [1.54, 1.807) is 26.0 Å². The molecule has 1 aliphatic carbocycles. The summed E-state index contributed by atoms with van der Waals surface area (Å²) >= 11 is 0. The van der Waals surface area contributed by atoms with E-state index >= 15 is 0 Å². The molecule has 0 radical (unpaired) electrons. The predicted octanol–water partition coefficient (Wildman–Crippen LogP) is 2.57. The van der Waals surface area contributed by atoms with Crippen LogP contribution in [0, 0.1) is 5.92 Å². The van der Waals surface area contributed by atoms with E-state index in [1.807, 2.05) is 12.1 Å². The molecule has 0 unspecified atom stereocenters. The van der Waals surface area contributed by atoms with Gasteiger partial charge in [0.05, 0.1) is 21.3 Å². The number of hydrogen-bond acceptors (Lipinski definition) is 7. The molecule has 142 valence electrons. The van der Waals surface area contributed by atoms with Crippen molar-refractivity contribution in [3.05, 3.63) is 35.3 Å². The third kappa shape index (κ3) is 2.72. The van der Waals surface area contributed by atoms with Gasteiger partial charge in [0.2, 0.25) is 11.7 Å². The topological polar surface area (TPSA) is 87.5 Å². The van der Waals surface area contributed by atoms with Gasteiger partial charge in [-0.3, -0.25) is 4.79 Å². The quantitative estimate of drug-likeness (QED) is 0.885. The van der Waals surface area contributed by atoms with Crippen molar-refractivity contribution >= 4 is 11.7 Å². The summed E-state index contributed by atoms with van der Waals surface area (Å²) in [6, 6.07) is 3.32. The van der Waals surface area contributed by atoms with Gasteiger partial charge in [-0.2, -0.15) is 10.1 Å². The molecular formula is C19H22N4O4. The number of carbonyl (C=O) groups is 1. The number of hydrogen-bond donors (Lipinski definition) is 1. The van der Waals surface area contributed by atoms with E-state index in [4.69, 9.17) is 14.2 Å². The summed E-state index contributed by atoms with van der Waals surface area (Å²) in [5, 5.41) is 7.64. The fraction of sp³-hybridized carbons (Fsp3) is 0.421. The van der Waals surface area contributed by atoms with Crippen molar-refractivity contribution in [3.8, 4) is 17.2 Å². The molecule has 2 atom stereocenters. The fourth-order valence-corrected chi connectivity index (χ4v) is 3.91. The van der Waals surface area contributed by atoms with Crippen LogP contribution in [0.15, 0.2) is 29.7 Å². The van der Waals surface area contributed by atoms with E-state index in [2.05, 4.69) is 22.3 Å². The third-order valence-electron chi connectivity index (χ3n) is 5.07. The van der Waals surface area contributed by atoms with Crippen LogP contribution in [0.25, 0.3) is 0 Å². The molecule has 0 saturated carbocycles. The first-order valence-corrected chi connectivity index (χ1v) is 8.80. The number of aromatic nitrogens is 3.